The highest BCUT2D eigenvalue weighted by molar-refractivity contribution is 5.77. The number of likely N-dealkylation sites (tertiary alicyclic amines) is 1. The molecule has 0 bridgehead atoms. The number of aromatic nitrogens is 2. The maximum absolute atomic E-state index is 11.7. The van der Waals surface area contributed by atoms with Crippen LogP contribution in [0.3, 0.4) is 0 Å². The number of hydrogen-bond donors (Lipinski definition) is 4. The molecule has 3 heterocycles. The molecular weight excluding hydrogens is 510 g/mol. The van der Waals surface area contributed by atoms with Crippen molar-refractivity contribution in [1.82, 2.24) is 24.7 Å². The molecule has 2 saturated heterocycles. The molecule has 1 aromatic heterocycles. The first-order chi connectivity index (χ1) is 19.5. The molecule has 5 rings (SSSR count). The number of piperazine rings is 1. The molecular formula is C29H37N7O4. The molecule has 2 aliphatic heterocycles. The van der Waals surface area contributed by atoms with Crippen LogP contribution in [0, 0.1) is 0 Å². The Balaban J connectivity index is 1.16. The minimum atomic E-state index is -0.490. The molecule has 11 heteroatoms. The number of amides is 1. The number of rotatable bonds is 10. The van der Waals surface area contributed by atoms with Crippen molar-refractivity contribution in [1.29, 1.82) is 0 Å². The van der Waals surface area contributed by atoms with Gasteiger partial charge < -0.3 is 30.9 Å². The summed E-state index contributed by atoms with van der Waals surface area (Å²) in [4.78, 5) is 27.1. The summed E-state index contributed by atoms with van der Waals surface area (Å²) >= 11 is 0. The van der Waals surface area contributed by atoms with Crippen LogP contribution < -0.4 is 15.8 Å². The molecule has 3 aromatic rings. The summed E-state index contributed by atoms with van der Waals surface area (Å²) in [6.45, 7) is 6.36. The summed E-state index contributed by atoms with van der Waals surface area (Å²) in [6.07, 6.45) is 2.24. The van der Waals surface area contributed by atoms with E-state index in [1.165, 1.54) is 5.56 Å². The standard InChI is InChI=1S/C29H37N7O4/c30-25-17-22(3-6-27(25)40-24-8-10-36(19-24)28(39)20-38)26-7-9-31-29(33-26)32-23-4-1-21(2-5-23)18-35-13-11-34(12-14-35)15-16-37/h1-7,9,17,24,37-38H,8,10-16,18-20,30H2,(H,31,32,33)/t24-/m1/s1. The Bertz CT molecular complexity index is 1280. The van der Waals surface area contributed by atoms with Gasteiger partial charge in [-0.1, -0.05) is 12.1 Å². The smallest absolute Gasteiger partial charge is 0.248 e. The Morgan fingerprint density at radius 2 is 1.80 bits per heavy atom. The molecule has 2 fully saturated rings. The van der Waals surface area contributed by atoms with Crippen LogP contribution in [0.15, 0.2) is 54.7 Å². The van der Waals surface area contributed by atoms with E-state index in [0.29, 0.717) is 36.9 Å². The molecule has 11 nitrogen and oxygen atoms in total. The summed E-state index contributed by atoms with van der Waals surface area (Å²) < 4.78 is 6.04. The highest BCUT2D eigenvalue weighted by atomic mass is 16.5. The summed E-state index contributed by atoms with van der Waals surface area (Å²) in [6, 6.07) is 15.7. The van der Waals surface area contributed by atoms with Gasteiger partial charge in [0.25, 0.3) is 0 Å². The zero-order chi connectivity index (χ0) is 27.9. The molecule has 2 aromatic carbocycles. The fourth-order valence-electron chi connectivity index (χ4n) is 5.12. The number of aliphatic hydroxyl groups excluding tert-OH is 2. The highest BCUT2D eigenvalue weighted by Gasteiger charge is 2.27. The van der Waals surface area contributed by atoms with Gasteiger partial charge in [-0.25, -0.2) is 9.97 Å². The largest absolute Gasteiger partial charge is 0.486 e. The molecule has 0 unspecified atom stereocenters. The number of aliphatic hydroxyl groups is 2. The Labute approximate surface area is 234 Å². The Morgan fingerprint density at radius 1 is 1.02 bits per heavy atom. The lowest BCUT2D eigenvalue weighted by Gasteiger charge is -2.34. The lowest BCUT2D eigenvalue weighted by Crippen LogP contribution is -2.46. The number of ether oxygens (including phenoxy) is 1. The number of β-amino-alcohol motifs (C(OH)–C–C–N with tert-alkyl or cyclic N) is 1. The number of benzene rings is 2. The van der Waals surface area contributed by atoms with E-state index in [0.717, 1.165) is 56.2 Å². The van der Waals surface area contributed by atoms with E-state index in [2.05, 4.69) is 37.2 Å². The first-order valence-electron chi connectivity index (χ1n) is 13.7. The van der Waals surface area contributed by atoms with E-state index in [4.69, 9.17) is 20.7 Å². The number of anilines is 3. The molecule has 0 aliphatic carbocycles. The van der Waals surface area contributed by atoms with Gasteiger partial charge in [0.15, 0.2) is 0 Å². The highest BCUT2D eigenvalue weighted by Crippen LogP contribution is 2.30. The molecule has 0 spiro atoms. The second-order valence-electron chi connectivity index (χ2n) is 10.2. The molecule has 2 aliphatic rings. The van der Waals surface area contributed by atoms with Gasteiger partial charge in [-0.15, -0.1) is 0 Å². The number of nitrogens with zero attached hydrogens (tertiary/aromatic N) is 5. The first-order valence-corrected chi connectivity index (χ1v) is 13.7. The Kier molecular flexibility index (Phi) is 9.07. The van der Waals surface area contributed by atoms with Crippen molar-refractivity contribution in [2.45, 2.75) is 19.1 Å². The quantitative estimate of drug-likeness (QED) is 0.276. The van der Waals surface area contributed by atoms with E-state index in [9.17, 15) is 4.79 Å². The van der Waals surface area contributed by atoms with E-state index in [1.807, 2.05) is 36.4 Å². The number of hydrogen-bond acceptors (Lipinski definition) is 10. The van der Waals surface area contributed by atoms with Gasteiger partial charge in [-0.05, 0) is 42.0 Å². The third kappa shape index (κ3) is 7.05. The minimum Gasteiger partial charge on any atom is -0.486 e. The average molecular weight is 548 g/mol. The van der Waals surface area contributed by atoms with Crippen LogP contribution in [0.1, 0.15) is 12.0 Å². The lowest BCUT2D eigenvalue weighted by molar-refractivity contribution is -0.133. The third-order valence-corrected chi connectivity index (χ3v) is 7.39. The van der Waals surface area contributed by atoms with Gasteiger partial charge in [0.05, 0.1) is 24.5 Å². The van der Waals surface area contributed by atoms with Crippen LogP contribution in [-0.4, -0.2) is 106 Å². The fourth-order valence-corrected chi connectivity index (χ4v) is 5.12. The monoisotopic (exact) mass is 547 g/mol. The van der Waals surface area contributed by atoms with Gasteiger partial charge in [-0.3, -0.25) is 14.6 Å². The molecule has 0 saturated carbocycles. The van der Waals surface area contributed by atoms with Gasteiger partial charge in [0.1, 0.15) is 18.5 Å². The fraction of sp³-hybridized carbons (Fsp3) is 0.414. The van der Waals surface area contributed by atoms with Gasteiger partial charge in [0, 0.05) is 69.7 Å². The maximum atomic E-state index is 11.7. The number of nitrogens with two attached hydrogens (primary N) is 1. The van der Waals surface area contributed by atoms with Crippen molar-refractivity contribution < 1.29 is 19.7 Å². The molecule has 40 heavy (non-hydrogen) atoms. The van der Waals surface area contributed by atoms with E-state index < -0.39 is 6.61 Å². The van der Waals surface area contributed by atoms with Crippen molar-refractivity contribution in [3.05, 3.63) is 60.3 Å². The Hall–Kier alpha value is -3.77. The van der Waals surface area contributed by atoms with Crippen LogP contribution >= 0.6 is 0 Å². The topological polar surface area (TPSA) is 140 Å². The van der Waals surface area contributed by atoms with Crippen LogP contribution in [-0.2, 0) is 11.3 Å². The van der Waals surface area contributed by atoms with Crippen LogP contribution in [0.4, 0.5) is 17.3 Å². The second-order valence-corrected chi connectivity index (χ2v) is 10.2. The van der Waals surface area contributed by atoms with Crippen LogP contribution in [0.5, 0.6) is 5.75 Å². The summed E-state index contributed by atoms with van der Waals surface area (Å²) in [5.41, 5.74) is 10.5. The predicted molar refractivity (Wildman–Crippen MR) is 153 cm³/mol. The Morgan fingerprint density at radius 3 is 2.52 bits per heavy atom. The SMILES string of the molecule is Nc1cc(-c2ccnc(Nc3ccc(CN4CCN(CCO)CC4)cc3)n2)ccc1O[C@@H]1CCN(C(=O)CO)C1. The number of nitrogens with one attached hydrogen (secondary N) is 1. The third-order valence-electron chi connectivity index (χ3n) is 7.39. The van der Waals surface area contributed by atoms with Crippen molar-refractivity contribution in [3.8, 4) is 17.0 Å². The minimum absolute atomic E-state index is 0.160. The van der Waals surface area contributed by atoms with Crippen LogP contribution in [0.2, 0.25) is 0 Å². The molecule has 5 N–H and O–H groups in total. The average Bonchev–Trinajstić information content (AvgIpc) is 3.45. The predicted octanol–water partition coefficient (Wildman–Crippen LogP) is 1.55. The molecule has 1 atom stereocenters. The number of carbonyl (C=O) groups excluding carboxylic acids is 1. The molecule has 212 valence electrons. The van der Waals surface area contributed by atoms with Crippen LogP contribution in [0.25, 0.3) is 11.3 Å². The van der Waals surface area contributed by atoms with Crippen molar-refractivity contribution in [2.24, 2.45) is 0 Å². The summed E-state index contributed by atoms with van der Waals surface area (Å²) in [5, 5.41) is 21.5. The van der Waals surface area contributed by atoms with E-state index >= 15 is 0 Å². The van der Waals surface area contributed by atoms with Gasteiger partial charge in [-0.2, -0.15) is 0 Å². The van der Waals surface area contributed by atoms with Crippen molar-refractivity contribution in [3.63, 3.8) is 0 Å². The number of carbonyl (C=O) groups is 1. The second kappa shape index (κ2) is 13.1. The summed E-state index contributed by atoms with van der Waals surface area (Å²) in [7, 11) is 0. The van der Waals surface area contributed by atoms with E-state index in [-0.39, 0.29) is 18.6 Å². The first kappa shape index (κ1) is 27.8. The molecule has 0 radical (unpaired) electrons. The normalized spacial score (nSPS) is 18.1. The molecule has 1 amide bonds. The lowest BCUT2D eigenvalue weighted by atomic mass is 10.1. The van der Waals surface area contributed by atoms with E-state index in [1.54, 1.807) is 11.1 Å². The van der Waals surface area contributed by atoms with Crippen molar-refractivity contribution in [2.75, 3.05) is 70.1 Å². The maximum Gasteiger partial charge on any atom is 0.248 e. The number of nitrogen functional groups attached to an aromatic ring is 1. The zero-order valence-corrected chi connectivity index (χ0v) is 22.6. The van der Waals surface area contributed by atoms with Gasteiger partial charge in [0.2, 0.25) is 11.9 Å². The van der Waals surface area contributed by atoms with Gasteiger partial charge >= 0.3 is 0 Å². The van der Waals surface area contributed by atoms with Crippen molar-refractivity contribution >= 4 is 23.2 Å². The zero-order valence-electron chi connectivity index (χ0n) is 22.6. The summed E-state index contributed by atoms with van der Waals surface area (Å²) in [5.74, 6) is 0.762.